The van der Waals surface area contributed by atoms with E-state index in [-0.39, 0.29) is 36.2 Å². The first-order valence-corrected chi connectivity index (χ1v) is 8.27. The number of ether oxygens (including phenoxy) is 1. The van der Waals surface area contributed by atoms with Gasteiger partial charge >= 0.3 is 0 Å². The zero-order valence-corrected chi connectivity index (χ0v) is 11.1. The Morgan fingerprint density at radius 2 is 1.94 bits per heavy atom. The van der Waals surface area contributed by atoms with Crippen LogP contribution < -0.4 is 5.32 Å². The van der Waals surface area contributed by atoms with Crippen molar-refractivity contribution < 1.29 is 22.4 Å². The molecule has 1 spiro atoms. The van der Waals surface area contributed by atoms with Crippen LogP contribution in [0.1, 0.15) is 6.42 Å². The molecule has 3 aliphatic heterocycles. The molecule has 0 aromatic rings. The summed E-state index contributed by atoms with van der Waals surface area (Å²) in [4.78, 5) is 11.4. The van der Waals surface area contributed by atoms with Crippen LogP contribution in [0.5, 0.6) is 0 Å². The number of amides is 1. The number of nitrogens with zero attached hydrogens (tertiary/aromatic N) is 1. The predicted octanol–water partition coefficient (Wildman–Crippen LogP) is -1.48. The van der Waals surface area contributed by atoms with Gasteiger partial charge in [0.2, 0.25) is 5.91 Å². The lowest BCUT2D eigenvalue weighted by Crippen LogP contribution is -2.69. The van der Waals surface area contributed by atoms with Crippen molar-refractivity contribution in [1.82, 2.24) is 5.32 Å². The summed E-state index contributed by atoms with van der Waals surface area (Å²) in [6.45, 7) is 3.30. The Morgan fingerprint density at radius 1 is 1.22 bits per heavy atom. The van der Waals surface area contributed by atoms with Gasteiger partial charge in [0.05, 0.1) is 37.2 Å². The molecule has 0 aromatic carbocycles. The summed E-state index contributed by atoms with van der Waals surface area (Å²) in [5.74, 6) is 0.499. The van der Waals surface area contributed by atoms with E-state index in [4.69, 9.17) is 4.74 Å². The summed E-state index contributed by atoms with van der Waals surface area (Å²) in [6, 6.07) is 0.0563. The van der Waals surface area contributed by atoms with Crippen molar-refractivity contribution >= 4 is 15.7 Å². The molecule has 3 saturated heterocycles. The van der Waals surface area contributed by atoms with E-state index in [2.05, 4.69) is 5.32 Å². The highest BCUT2D eigenvalue weighted by Crippen LogP contribution is 2.26. The van der Waals surface area contributed by atoms with Gasteiger partial charge in [0.15, 0.2) is 9.84 Å². The molecule has 3 rings (SSSR count). The van der Waals surface area contributed by atoms with Crippen molar-refractivity contribution in [3.05, 3.63) is 0 Å². The number of quaternary nitrogens is 1. The maximum absolute atomic E-state index is 11.5. The minimum Gasteiger partial charge on any atom is -0.366 e. The van der Waals surface area contributed by atoms with Gasteiger partial charge in [-0.2, -0.15) is 0 Å². The van der Waals surface area contributed by atoms with Crippen molar-refractivity contribution in [2.75, 3.05) is 44.3 Å². The topological polar surface area (TPSA) is 72.5 Å². The molecule has 0 aromatic heterocycles. The molecule has 7 heteroatoms. The Labute approximate surface area is 107 Å². The number of carbonyl (C=O) groups is 1. The summed E-state index contributed by atoms with van der Waals surface area (Å²) in [5.41, 5.74) is 0. The van der Waals surface area contributed by atoms with Gasteiger partial charge in [-0.25, -0.2) is 8.42 Å². The van der Waals surface area contributed by atoms with Crippen LogP contribution in [-0.4, -0.2) is 75.2 Å². The number of nitrogens with one attached hydrogen (secondary N) is 1. The highest BCUT2D eigenvalue weighted by Gasteiger charge is 2.46. The molecular formula is C11H19N2O4S+. The van der Waals surface area contributed by atoms with E-state index in [1.165, 1.54) is 0 Å². The maximum Gasteiger partial charge on any atom is 0.246 e. The molecule has 3 aliphatic rings. The number of sulfone groups is 1. The molecule has 3 heterocycles. The Morgan fingerprint density at radius 3 is 2.67 bits per heavy atom. The second-order valence-electron chi connectivity index (χ2n) is 5.66. The van der Waals surface area contributed by atoms with Gasteiger partial charge in [-0.15, -0.1) is 0 Å². The Kier molecular flexibility index (Phi) is 2.87. The van der Waals surface area contributed by atoms with Crippen LogP contribution >= 0.6 is 0 Å². The van der Waals surface area contributed by atoms with Gasteiger partial charge in [0, 0.05) is 6.42 Å². The normalized spacial score (nSPS) is 37.9. The van der Waals surface area contributed by atoms with E-state index in [9.17, 15) is 13.2 Å². The monoisotopic (exact) mass is 275 g/mol. The van der Waals surface area contributed by atoms with E-state index >= 15 is 0 Å². The highest BCUT2D eigenvalue weighted by molar-refractivity contribution is 7.91. The minimum absolute atomic E-state index is 0.0547. The van der Waals surface area contributed by atoms with Crippen LogP contribution in [0.3, 0.4) is 0 Å². The van der Waals surface area contributed by atoms with E-state index < -0.39 is 9.84 Å². The van der Waals surface area contributed by atoms with E-state index in [0.717, 1.165) is 24.0 Å². The van der Waals surface area contributed by atoms with Crippen LogP contribution in [0, 0.1) is 0 Å². The van der Waals surface area contributed by atoms with Crippen LogP contribution in [0.15, 0.2) is 0 Å². The lowest BCUT2D eigenvalue weighted by molar-refractivity contribution is -0.931. The molecule has 2 atom stereocenters. The Balaban J connectivity index is 1.71. The summed E-state index contributed by atoms with van der Waals surface area (Å²) in [6.07, 6.45) is 1.02. The first kappa shape index (κ1) is 12.4. The highest BCUT2D eigenvalue weighted by atomic mass is 32.2. The number of carbonyl (C=O) groups excluding carboxylic acids is 1. The molecule has 0 unspecified atom stereocenters. The second kappa shape index (κ2) is 4.18. The third-order valence-corrected chi connectivity index (χ3v) is 6.06. The fraction of sp³-hybridized carbons (Fsp3) is 0.909. The average molecular weight is 275 g/mol. The third-order valence-electron chi connectivity index (χ3n) is 4.45. The first-order chi connectivity index (χ1) is 8.48. The molecule has 0 radical (unpaired) electrons. The van der Waals surface area contributed by atoms with Crippen molar-refractivity contribution in [1.29, 1.82) is 0 Å². The molecule has 6 nitrogen and oxygen atoms in total. The van der Waals surface area contributed by atoms with Gasteiger partial charge in [-0.1, -0.05) is 0 Å². The lowest BCUT2D eigenvalue weighted by atomic mass is 9.97. The molecule has 3 fully saturated rings. The fourth-order valence-electron chi connectivity index (χ4n) is 3.28. The fourth-order valence-corrected chi connectivity index (χ4v) is 4.82. The summed E-state index contributed by atoms with van der Waals surface area (Å²) in [5, 5.41) is 2.98. The SMILES string of the molecule is O=C1CO[C@@H]2CC[N+]3(CCS(=O)(=O)CC3)C[C@H]2N1. The zero-order valence-electron chi connectivity index (χ0n) is 10.3. The van der Waals surface area contributed by atoms with E-state index in [1.54, 1.807) is 0 Å². The summed E-state index contributed by atoms with van der Waals surface area (Å²) in [7, 11) is -2.83. The van der Waals surface area contributed by atoms with E-state index in [0.29, 0.717) is 13.1 Å². The molecule has 0 aliphatic carbocycles. The van der Waals surface area contributed by atoms with Gasteiger partial charge in [-0.3, -0.25) is 4.79 Å². The van der Waals surface area contributed by atoms with Crippen LogP contribution in [0.2, 0.25) is 0 Å². The van der Waals surface area contributed by atoms with Crippen molar-refractivity contribution in [3.8, 4) is 0 Å². The van der Waals surface area contributed by atoms with Gasteiger partial charge < -0.3 is 14.5 Å². The molecule has 0 bridgehead atoms. The summed E-state index contributed by atoms with van der Waals surface area (Å²) < 4.78 is 29.4. The maximum atomic E-state index is 11.5. The van der Waals surface area contributed by atoms with Gasteiger partial charge in [0.1, 0.15) is 19.2 Å². The zero-order chi connectivity index (χ0) is 12.8. The minimum atomic E-state index is -2.83. The van der Waals surface area contributed by atoms with Crippen LogP contribution in [0.25, 0.3) is 0 Å². The standard InChI is InChI=1S/C11H18N2O4S/c14-11-8-17-10-1-2-13(7-9(10)12-11)3-5-18(15,16)6-4-13/h9-10H,1-8H2/p+1/t9-,10-/m1/s1. The molecule has 102 valence electrons. The van der Waals surface area contributed by atoms with E-state index in [1.807, 2.05) is 0 Å². The Hall–Kier alpha value is -0.660. The smallest absolute Gasteiger partial charge is 0.246 e. The molecule has 18 heavy (non-hydrogen) atoms. The lowest BCUT2D eigenvalue weighted by Gasteiger charge is -2.49. The second-order valence-corrected chi connectivity index (χ2v) is 7.96. The number of piperidine rings is 1. The molecular weight excluding hydrogens is 256 g/mol. The first-order valence-electron chi connectivity index (χ1n) is 6.45. The van der Waals surface area contributed by atoms with Crippen LogP contribution in [0.4, 0.5) is 0 Å². The molecule has 1 N–H and O–H groups in total. The Bertz CT molecular complexity index is 448. The summed E-state index contributed by atoms with van der Waals surface area (Å²) >= 11 is 0. The van der Waals surface area contributed by atoms with Gasteiger partial charge in [0.25, 0.3) is 0 Å². The predicted molar refractivity (Wildman–Crippen MR) is 64.7 cm³/mol. The number of morpholine rings is 1. The number of hydrogen-bond donors (Lipinski definition) is 1. The molecule has 0 saturated carbocycles. The van der Waals surface area contributed by atoms with Crippen molar-refractivity contribution in [2.45, 2.75) is 18.6 Å². The number of rotatable bonds is 0. The van der Waals surface area contributed by atoms with Crippen molar-refractivity contribution in [3.63, 3.8) is 0 Å². The van der Waals surface area contributed by atoms with Crippen molar-refractivity contribution in [2.24, 2.45) is 0 Å². The molecule has 1 amide bonds. The number of hydrogen-bond acceptors (Lipinski definition) is 4. The largest absolute Gasteiger partial charge is 0.366 e. The third kappa shape index (κ3) is 2.26. The van der Waals surface area contributed by atoms with Gasteiger partial charge in [-0.05, 0) is 0 Å². The quantitative estimate of drug-likeness (QED) is 0.547. The number of fused-ring (bicyclic) bond motifs is 1. The van der Waals surface area contributed by atoms with Crippen LogP contribution in [-0.2, 0) is 19.4 Å². The average Bonchev–Trinajstić information content (AvgIpc) is 2.33.